The molecule has 1 saturated carbocycles. The number of amides is 1. The number of hydrogen-bond donors (Lipinski definition) is 2. The Morgan fingerprint density at radius 2 is 1.66 bits per heavy atom. The maximum Gasteiger partial charge on any atom is 0.241 e. The number of nitrogens with one attached hydrogen (secondary N) is 2. The second-order valence-electron chi connectivity index (χ2n) is 8.48. The van der Waals surface area contributed by atoms with Gasteiger partial charge in [0.15, 0.2) is 0 Å². The van der Waals surface area contributed by atoms with Crippen LogP contribution in [0, 0.1) is 12.8 Å². The van der Waals surface area contributed by atoms with E-state index in [-0.39, 0.29) is 22.1 Å². The van der Waals surface area contributed by atoms with Crippen molar-refractivity contribution in [2.24, 2.45) is 5.92 Å². The molecular formula is C23H30N2O3S. The molecule has 1 amide bonds. The minimum Gasteiger partial charge on any atom is -0.354 e. The second kappa shape index (κ2) is 8.67. The van der Waals surface area contributed by atoms with Crippen molar-refractivity contribution in [3.8, 4) is 0 Å². The maximum atomic E-state index is 12.9. The van der Waals surface area contributed by atoms with Crippen molar-refractivity contribution in [2.45, 2.75) is 56.4 Å². The summed E-state index contributed by atoms with van der Waals surface area (Å²) in [7, 11) is -3.77. The Morgan fingerprint density at radius 3 is 2.21 bits per heavy atom. The van der Waals surface area contributed by atoms with Gasteiger partial charge in [-0.3, -0.25) is 4.79 Å². The Morgan fingerprint density at radius 1 is 1.03 bits per heavy atom. The molecule has 0 aliphatic heterocycles. The lowest BCUT2D eigenvalue weighted by Gasteiger charge is -2.22. The van der Waals surface area contributed by atoms with Gasteiger partial charge in [-0.25, -0.2) is 8.42 Å². The van der Waals surface area contributed by atoms with Gasteiger partial charge < -0.3 is 5.32 Å². The first-order valence-electron chi connectivity index (χ1n) is 10.1. The summed E-state index contributed by atoms with van der Waals surface area (Å²) in [6.07, 6.45) is 2.50. The summed E-state index contributed by atoms with van der Waals surface area (Å²) in [5, 5.41) is 3.01. The highest BCUT2D eigenvalue weighted by atomic mass is 32.2. The van der Waals surface area contributed by atoms with Crippen LogP contribution in [0.1, 0.15) is 44.2 Å². The van der Waals surface area contributed by atoms with Crippen LogP contribution in [0.4, 0.5) is 0 Å². The van der Waals surface area contributed by atoms with Crippen LogP contribution < -0.4 is 10.0 Å². The first-order valence-corrected chi connectivity index (χ1v) is 11.6. The van der Waals surface area contributed by atoms with Crippen molar-refractivity contribution in [3.63, 3.8) is 0 Å². The lowest BCUT2D eigenvalue weighted by atomic mass is 9.95. The van der Waals surface area contributed by atoms with Crippen LogP contribution in [0.15, 0.2) is 59.5 Å². The molecule has 0 radical (unpaired) electrons. The summed E-state index contributed by atoms with van der Waals surface area (Å²) in [5.41, 5.74) is 2.19. The molecule has 0 spiro atoms. The molecule has 0 heterocycles. The number of sulfonamides is 1. The lowest BCUT2D eigenvalue weighted by molar-refractivity contribution is -0.123. The summed E-state index contributed by atoms with van der Waals surface area (Å²) in [4.78, 5) is 13.1. The van der Waals surface area contributed by atoms with Crippen LogP contribution in [0.2, 0.25) is 0 Å². The predicted octanol–water partition coefficient (Wildman–Crippen LogP) is 3.54. The van der Waals surface area contributed by atoms with Crippen LogP contribution >= 0.6 is 0 Å². The number of carbonyl (C=O) groups excluding carboxylic acids is 1. The third-order valence-electron chi connectivity index (χ3n) is 5.49. The molecule has 5 nitrogen and oxygen atoms in total. The van der Waals surface area contributed by atoms with E-state index < -0.39 is 16.1 Å². The molecule has 1 aliphatic rings. The van der Waals surface area contributed by atoms with Gasteiger partial charge in [0.2, 0.25) is 15.9 Å². The van der Waals surface area contributed by atoms with Crippen LogP contribution in [0.5, 0.6) is 0 Å². The minimum absolute atomic E-state index is 0.0187. The van der Waals surface area contributed by atoms with E-state index in [1.165, 1.54) is 5.56 Å². The SMILES string of the molecule is Cc1ccc(S(=O)(=O)NC(CC(C)C)C(=O)NCC2(c3ccccc3)CC2)cc1. The monoisotopic (exact) mass is 414 g/mol. The summed E-state index contributed by atoms with van der Waals surface area (Å²) in [6.45, 7) is 6.38. The van der Waals surface area contributed by atoms with Gasteiger partial charge in [-0.15, -0.1) is 0 Å². The molecule has 1 atom stereocenters. The van der Waals surface area contributed by atoms with Crippen molar-refractivity contribution in [2.75, 3.05) is 6.54 Å². The number of rotatable bonds is 9. The number of aryl methyl sites for hydroxylation is 1. The average molecular weight is 415 g/mol. The average Bonchev–Trinajstić information content (AvgIpc) is 3.47. The summed E-state index contributed by atoms with van der Waals surface area (Å²) < 4.78 is 28.2. The van der Waals surface area contributed by atoms with Gasteiger partial charge in [0.1, 0.15) is 6.04 Å². The van der Waals surface area contributed by atoms with E-state index in [0.29, 0.717) is 13.0 Å². The number of benzene rings is 2. The molecule has 1 unspecified atom stereocenters. The zero-order valence-corrected chi connectivity index (χ0v) is 18.1. The zero-order chi connectivity index (χ0) is 21.1. The molecule has 2 aromatic carbocycles. The van der Waals surface area contributed by atoms with Crippen molar-refractivity contribution in [1.82, 2.24) is 10.0 Å². The molecule has 0 aromatic heterocycles. The van der Waals surface area contributed by atoms with Gasteiger partial charge in [0.25, 0.3) is 0 Å². The normalized spacial score (nSPS) is 16.4. The van der Waals surface area contributed by atoms with E-state index in [4.69, 9.17) is 0 Å². The third kappa shape index (κ3) is 5.46. The third-order valence-corrected chi connectivity index (χ3v) is 6.98. The van der Waals surface area contributed by atoms with Gasteiger partial charge in [-0.2, -0.15) is 4.72 Å². The van der Waals surface area contributed by atoms with E-state index in [0.717, 1.165) is 18.4 Å². The molecule has 3 rings (SSSR count). The molecular weight excluding hydrogens is 384 g/mol. The van der Waals surface area contributed by atoms with Crippen LogP contribution in [-0.2, 0) is 20.2 Å². The summed E-state index contributed by atoms with van der Waals surface area (Å²) in [6, 6.07) is 16.0. The first-order chi connectivity index (χ1) is 13.7. The minimum atomic E-state index is -3.77. The van der Waals surface area contributed by atoms with Crippen molar-refractivity contribution in [3.05, 3.63) is 65.7 Å². The standard InChI is InChI=1S/C23H30N2O3S/c1-17(2)15-21(25-29(27,28)20-11-9-18(3)10-12-20)22(26)24-16-23(13-14-23)19-7-5-4-6-8-19/h4-12,17,21,25H,13-16H2,1-3H3,(H,24,26). The van der Waals surface area contributed by atoms with Crippen molar-refractivity contribution in [1.29, 1.82) is 0 Å². The summed E-state index contributed by atoms with van der Waals surface area (Å²) >= 11 is 0. The van der Waals surface area contributed by atoms with E-state index in [9.17, 15) is 13.2 Å². The molecule has 156 valence electrons. The van der Waals surface area contributed by atoms with Crippen molar-refractivity contribution >= 4 is 15.9 Å². The van der Waals surface area contributed by atoms with E-state index in [1.807, 2.05) is 39.0 Å². The van der Waals surface area contributed by atoms with E-state index in [2.05, 4.69) is 22.2 Å². The molecule has 1 fully saturated rings. The van der Waals surface area contributed by atoms with Crippen LogP contribution in [-0.4, -0.2) is 26.9 Å². The fourth-order valence-electron chi connectivity index (χ4n) is 3.54. The van der Waals surface area contributed by atoms with Gasteiger partial charge in [0.05, 0.1) is 4.90 Å². The van der Waals surface area contributed by atoms with Gasteiger partial charge in [-0.05, 0) is 49.8 Å². The first kappa shape index (κ1) is 21.5. The Balaban J connectivity index is 1.69. The lowest BCUT2D eigenvalue weighted by Crippen LogP contribution is -2.48. The zero-order valence-electron chi connectivity index (χ0n) is 17.3. The smallest absolute Gasteiger partial charge is 0.241 e. The molecule has 29 heavy (non-hydrogen) atoms. The molecule has 2 aromatic rings. The van der Waals surface area contributed by atoms with E-state index in [1.54, 1.807) is 24.3 Å². The van der Waals surface area contributed by atoms with Gasteiger partial charge in [0, 0.05) is 12.0 Å². The predicted molar refractivity (Wildman–Crippen MR) is 115 cm³/mol. The fraction of sp³-hybridized carbons (Fsp3) is 0.435. The Kier molecular flexibility index (Phi) is 6.44. The van der Waals surface area contributed by atoms with Gasteiger partial charge in [-0.1, -0.05) is 61.9 Å². The molecule has 1 aliphatic carbocycles. The van der Waals surface area contributed by atoms with Gasteiger partial charge >= 0.3 is 0 Å². The molecule has 0 saturated heterocycles. The largest absolute Gasteiger partial charge is 0.354 e. The molecule has 6 heteroatoms. The number of carbonyl (C=O) groups is 1. The highest BCUT2D eigenvalue weighted by molar-refractivity contribution is 7.89. The van der Waals surface area contributed by atoms with Crippen LogP contribution in [0.25, 0.3) is 0 Å². The highest BCUT2D eigenvalue weighted by Gasteiger charge is 2.44. The maximum absolute atomic E-state index is 12.9. The fourth-order valence-corrected chi connectivity index (χ4v) is 4.75. The molecule has 2 N–H and O–H groups in total. The Bertz CT molecular complexity index is 934. The molecule has 0 bridgehead atoms. The second-order valence-corrected chi connectivity index (χ2v) is 10.2. The van der Waals surface area contributed by atoms with Crippen LogP contribution in [0.3, 0.4) is 0 Å². The Labute approximate surface area is 174 Å². The highest BCUT2D eigenvalue weighted by Crippen LogP contribution is 2.47. The number of hydrogen-bond acceptors (Lipinski definition) is 3. The Hall–Kier alpha value is -2.18. The topological polar surface area (TPSA) is 75.3 Å². The van der Waals surface area contributed by atoms with E-state index >= 15 is 0 Å². The van der Waals surface area contributed by atoms with Crippen molar-refractivity contribution < 1.29 is 13.2 Å². The summed E-state index contributed by atoms with van der Waals surface area (Å²) in [5.74, 6) is -0.0907. The quantitative estimate of drug-likeness (QED) is 0.659.